The zero-order chi connectivity index (χ0) is 17.6. The third kappa shape index (κ3) is 4.55. The minimum atomic E-state index is 0.378. The molecule has 1 aromatic carbocycles. The van der Waals surface area contributed by atoms with E-state index in [-0.39, 0.29) is 0 Å². The predicted molar refractivity (Wildman–Crippen MR) is 99.9 cm³/mol. The van der Waals surface area contributed by atoms with Gasteiger partial charge in [-0.3, -0.25) is 0 Å². The Hall–Kier alpha value is -2.45. The van der Waals surface area contributed by atoms with Crippen molar-refractivity contribution >= 4 is 35.7 Å². The maximum atomic E-state index is 6.11. The molecule has 0 saturated carbocycles. The SMILES string of the molecule is CN(C)c1nc(N/N=C/c2ccccc2Cl)nc(N2CCOCC2)n1. The lowest BCUT2D eigenvalue weighted by Gasteiger charge is -2.27. The first-order valence-corrected chi connectivity index (χ1v) is 8.31. The maximum Gasteiger partial charge on any atom is 0.250 e. The maximum absolute atomic E-state index is 6.11. The van der Waals surface area contributed by atoms with E-state index in [1.165, 1.54) is 0 Å². The Morgan fingerprint density at radius 1 is 1.20 bits per heavy atom. The molecule has 0 atom stereocenters. The summed E-state index contributed by atoms with van der Waals surface area (Å²) in [5, 5.41) is 4.82. The lowest BCUT2D eigenvalue weighted by molar-refractivity contribution is 0.122. The first-order valence-electron chi connectivity index (χ1n) is 7.93. The van der Waals surface area contributed by atoms with Crippen molar-refractivity contribution in [1.29, 1.82) is 0 Å². The van der Waals surface area contributed by atoms with Gasteiger partial charge in [0.25, 0.3) is 0 Å². The predicted octanol–water partition coefficient (Wildman–Crippen LogP) is 1.87. The van der Waals surface area contributed by atoms with Crippen LogP contribution in [-0.4, -0.2) is 61.6 Å². The van der Waals surface area contributed by atoms with E-state index >= 15 is 0 Å². The molecule has 3 rings (SSSR count). The smallest absolute Gasteiger partial charge is 0.250 e. The summed E-state index contributed by atoms with van der Waals surface area (Å²) in [5.41, 5.74) is 3.67. The lowest BCUT2D eigenvalue weighted by atomic mass is 10.2. The average molecular weight is 362 g/mol. The molecule has 2 aromatic rings. The minimum absolute atomic E-state index is 0.378. The molecule has 1 aromatic heterocycles. The van der Waals surface area contributed by atoms with E-state index in [0.29, 0.717) is 36.1 Å². The summed E-state index contributed by atoms with van der Waals surface area (Å²) in [6.07, 6.45) is 1.63. The van der Waals surface area contributed by atoms with Gasteiger partial charge in [-0.15, -0.1) is 0 Å². The molecule has 0 amide bonds. The van der Waals surface area contributed by atoms with Crippen LogP contribution in [0.1, 0.15) is 5.56 Å². The summed E-state index contributed by atoms with van der Waals surface area (Å²) in [5.74, 6) is 1.55. The number of halogens is 1. The van der Waals surface area contributed by atoms with Gasteiger partial charge >= 0.3 is 0 Å². The van der Waals surface area contributed by atoms with Crippen LogP contribution in [0.25, 0.3) is 0 Å². The molecule has 25 heavy (non-hydrogen) atoms. The van der Waals surface area contributed by atoms with E-state index in [1.54, 1.807) is 6.21 Å². The van der Waals surface area contributed by atoms with Crippen LogP contribution >= 0.6 is 11.6 Å². The van der Waals surface area contributed by atoms with Crippen LogP contribution in [0.3, 0.4) is 0 Å². The summed E-state index contributed by atoms with van der Waals surface area (Å²) in [7, 11) is 3.77. The zero-order valence-corrected chi connectivity index (χ0v) is 14.9. The van der Waals surface area contributed by atoms with Crippen LogP contribution < -0.4 is 15.2 Å². The molecule has 1 saturated heterocycles. The topological polar surface area (TPSA) is 78.8 Å². The van der Waals surface area contributed by atoms with Gasteiger partial charge in [0.2, 0.25) is 17.8 Å². The third-order valence-electron chi connectivity index (χ3n) is 3.58. The fourth-order valence-corrected chi connectivity index (χ4v) is 2.43. The van der Waals surface area contributed by atoms with Crippen molar-refractivity contribution in [1.82, 2.24) is 15.0 Å². The normalized spacial score (nSPS) is 14.8. The second kappa shape index (κ2) is 8.09. The molecule has 1 N–H and O–H groups in total. The van der Waals surface area contributed by atoms with Crippen LogP contribution in [0.4, 0.5) is 17.8 Å². The van der Waals surface area contributed by atoms with Gasteiger partial charge in [0, 0.05) is 37.8 Å². The summed E-state index contributed by atoms with van der Waals surface area (Å²) in [6.45, 7) is 2.82. The Labute approximate surface area is 151 Å². The number of morpholine rings is 1. The van der Waals surface area contributed by atoms with Crippen molar-refractivity contribution in [2.45, 2.75) is 0 Å². The number of rotatable bonds is 5. The van der Waals surface area contributed by atoms with Gasteiger partial charge in [0.15, 0.2) is 0 Å². The molecular formula is C16H20ClN7O. The number of anilines is 3. The molecular weight excluding hydrogens is 342 g/mol. The van der Waals surface area contributed by atoms with Gasteiger partial charge in [-0.1, -0.05) is 29.8 Å². The molecule has 1 aliphatic heterocycles. The quantitative estimate of drug-likeness (QED) is 0.643. The van der Waals surface area contributed by atoms with Gasteiger partial charge in [-0.2, -0.15) is 20.1 Å². The molecule has 2 heterocycles. The second-order valence-electron chi connectivity index (χ2n) is 5.64. The van der Waals surface area contributed by atoms with Crippen molar-refractivity contribution < 1.29 is 4.74 Å². The van der Waals surface area contributed by atoms with Crippen molar-refractivity contribution in [3.8, 4) is 0 Å². The second-order valence-corrected chi connectivity index (χ2v) is 6.05. The Balaban J connectivity index is 1.80. The summed E-state index contributed by atoms with van der Waals surface area (Å²) < 4.78 is 5.38. The molecule has 8 nitrogen and oxygen atoms in total. The van der Waals surface area contributed by atoms with Crippen LogP contribution in [0, 0.1) is 0 Å². The highest BCUT2D eigenvalue weighted by Crippen LogP contribution is 2.17. The number of ether oxygens (including phenoxy) is 1. The molecule has 9 heteroatoms. The summed E-state index contributed by atoms with van der Waals surface area (Å²) in [4.78, 5) is 17.2. The van der Waals surface area contributed by atoms with Gasteiger partial charge < -0.3 is 14.5 Å². The van der Waals surface area contributed by atoms with E-state index < -0.39 is 0 Å². The number of nitrogens with zero attached hydrogens (tertiary/aromatic N) is 6. The number of nitrogens with one attached hydrogen (secondary N) is 1. The first kappa shape index (κ1) is 17.4. The van der Waals surface area contributed by atoms with Crippen LogP contribution in [0.2, 0.25) is 5.02 Å². The Kier molecular flexibility index (Phi) is 5.62. The fraction of sp³-hybridized carbons (Fsp3) is 0.375. The molecule has 132 valence electrons. The highest BCUT2D eigenvalue weighted by atomic mass is 35.5. The Bertz CT molecular complexity index is 747. The monoisotopic (exact) mass is 361 g/mol. The van der Waals surface area contributed by atoms with Gasteiger partial charge in [0.05, 0.1) is 19.4 Å². The van der Waals surface area contributed by atoms with E-state index in [2.05, 4.69) is 30.4 Å². The number of hydrogen-bond donors (Lipinski definition) is 1. The van der Waals surface area contributed by atoms with E-state index in [4.69, 9.17) is 16.3 Å². The Morgan fingerprint density at radius 2 is 1.96 bits per heavy atom. The van der Waals surface area contributed by atoms with Gasteiger partial charge in [0.1, 0.15) is 0 Å². The highest BCUT2D eigenvalue weighted by molar-refractivity contribution is 6.33. The number of hydrazone groups is 1. The molecule has 1 fully saturated rings. The highest BCUT2D eigenvalue weighted by Gasteiger charge is 2.17. The molecule has 0 spiro atoms. The van der Waals surface area contributed by atoms with Gasteiger partial charge in [-0.25, -0.2) is 5.43 Å². The van der Waals surface area contributed by atoms with Crippen molar-refractivity contribution in [3.63, 3.8) is 0 Å². The molecule has 0 radical (unpaired) electrons. The number of hydrogen-bond acceptors (Lipinski definition) is 8. The van der Waals surface area contributed by atoms with Crippen molar-refractivity contribution in [2.75, 3.05) is 55.6 Å². The van der Waals surface area contributed by atoms with Crippen molar-refractivity contribution in [2.24, 2.45) is 5.10 Å². The standard InChI is InChI=1S/C16H20ClN7O/c1-23(2)15-19-14(20-16(21-15)24-7-9-25-10-8-24)22-18-11-12-5-3-4-6-13(12)17/h3-6,11H,7-10H2,1-2H3,(H,19,20,21,22)/b18-11+. The van der Waals surface area contributed by atoms with Crippen LogP contribution in [-0.2, 0) is 4.74 Å². The average Bonchev–Trinajstić information content (AvgIpc) is 2.64. The van der Waals surface area contributed by atoms with Crippen LogP contribution in [0.15, 0.2) is 29.4 Å². The molecule has 0 unspecified atom stereocenters. The largest absolute Gasteiger partial charge is 0.378 e. The zero-order valence-electron chi connectivity index (χ0n) is 14.2. The summed E-state index contributed by atoms with van der Waals surface area (Å²) >= 11 is 6.11. The van der Waals surface area contributed by atoms with E-state index in [9.17, 15) is 0 Å². The molecule has 0 bridgehead atoms. The van der Waals surface area contributed by atoms with Crippen molar-refractivity contribution in [3.05, 3.63) is 34.9 Å². The fourth-order valence-electron chi connectivity index (χ4n) is 2.25. The van der Waals surface area contributed by atoms with Crippen LogP contribution in [0.5, 0.6) is 0 Å². The van der Waals surface area contributed by atoms with E-state index in [1.807, 2.05) is 43.3 Å². The Morgan fingerprint density at radius 3 is 2.68 bits per heavy atom. The number of aromatic nitrogens is 3. The third-order valence-corrected chi connectivity index (χ3v) is 3.92. The van der Waals surface area contributed by atoms with Gasteiger partial charge in [-0.05, 0) is 6.07 Å². The lowest BCUT2D eigenvalue weighted by Crippen LogP contribution is -2.37. The molecule has 1 aliphatic rings. The minimum Gasteiger partial charge on any atom is -0.378 e. The molecule has 0 aliphatic carbocycles. The number of benzene rings is 1. The first-order chi connectivity index (χ1) is 12.1. The summed E-state index contributed by atoms with van der Waals surface area (Å²) in [6, 6.07) is 7.46. The van der Waals surface area contributed by atoms with E-state index in [0.717, 1.165) is 18.7 Å².